The molecule has 2 aromatic rings. The van der Waals surface area contributed by atoms with Crippen molar-refractivity contribution in [3.8, 4) is 0 Å². The Bertz CT molecular complexity index is 592. The van der Waals surface area contributed by atoms with Crippen molar-refractivity contribution < 1.29 is 4.79 Å². The van der Waals surface area contributed by atoms with Crippen LogP contribution in [0.25, 0.3) is 0 Å². The number of nitrogens with one attached hydrogen (secondary N) is 1. The van der Waals surface area contributed by atoms with Gasteiger partial charge in [-0.05, 0) is 25.0 Å². The number of anilines is 2. The molecule has 5 nitrogen and oxygen atoms in total. The molecule has 21 heavy (non-hydrogen) atoms. The number of aromatic nitrogens is 2. The van der Waals surface area contributed by atoms with Crippen molar-refractivity contribution in [1.82, 2.24) is 10.2 Å². The lowest BCUT2D eigenvalue weighted by atomic mass is 10.2. The quantitative estimate of drug-likeness (QED) is 0.857. The third-order valence-corrected chi connectivity index (χ3v) is 3.49. The fourth-order valence-corrected chi connectivity index (χ4v) is 2.22. The highest BCUT2D eigenvalue weighted by Gasteiger charge is 2.23. The van der Waals surface area contributed by atoms with Crippen LogP contribution in [0, 0.1) is 0 Å². The second-order valence-electron chi connectivity index (χ2n) is 4.96. The van der Waals surface area contributed by atoms with Gasteiger partial charge in [-0.1, -0.05) is 38.5 Å². The Morgan fingerprint density at radius 3 is 2.57 bits per heavy atom. The average Bonchev–Trinajstić information content (AvgIpc) is 2.89. The molecule has 0 saturated carbocycles. The number of nitrogens with zero attached hydrogens (tertiary/aromatic N) is 2. The lowest BCUT2D eigenvalue weighted by Crippen LogP contribution is -2.32. The first-order chi connectivity index (χ1) is 10.2. The Morgan fingerprint density at radius 2 is 2.00 bits per heavy atom. The number of H-pyrrole nitrogens is 1. The van der Waals surface area contributed by atoms with E-state index in [1.165, 1.54) is 0 Å². The highest BCUT2D eigenvalue weighted by atomic mass is 16.2. The predicted octanol–water partition coefficient (Wildman–Crippen LogP) is 3.00. The molecule has 1 heterocycles. The molecule has 0 aliphatic heterocycles. The van der Waals surface area contributed by atoms with Gasteiger partial charge in [-0.3, -0.25) is 9.89 Å². The van der Waals surface area contributed by atoms with E-state index in [-0.39, 0.29) is 5.91 Å². The molecular formula is C16H22N4O. The minimum absolute atomic E-state index is 0.150. The van der Waals surface area contributed by atoms with Crippen LogP contribution in [0.2, 0.25) is 0 Å². The molecule has 0 fully saturated rings. The van der Waals surface area contributed by atoms with Crippen molar-refractivity contribution in [3.63, 3.8) is 0 Å². The van der Waals surface area contributed by atoms with E-state index >= 15 is 0 Å². The van der Waals surface area contributed by atoms with Gasteiger partial charge in [-0.15, -0.1) is 0 Å². The Hall–Kier alpha value is -2.30. The van der Waals surface area contributed by atoms with E-state index in [4.69, 9.17) is 5.73 Å². The van der Waals surface area contributed by atoms with Crippen LogP contribution in [-0.4, -0.2) is 22.6 Å². The first kappa shape index (κ1) is 15.1. The van der Waals surface area contributed by atoms with Gasteiger partial charge >= 0.3 is 0 Å². The first-order valence-corrected chi connectivity index (χ1v) is 7.38. The first-order valence-electron chi connectivity index (χ1n) is 7.38. The SMILES string of the molecule is CCCCN(C(=O)c1n[nH]c(CC)c1N)c1ccccc1. The van der Waals surface area contributed by atoms with E-state index < -0.39 is 0 Å². The number of aromatic amines is 1. The van der Waals surface area contributed by atoms with Crippen molar-refractivity contribution in [2.24, 2.45) is 0 Å². The highest BCUT2D eigenvalue weighted by molar-refractivity contribution is 6.08. The summed E-state index contributed by atoms with van der Waals surface area (Å²) < 4.78 is 0. The molecule has 1 aromatic carbocycles. The van der Waals surface area contributed by atoms with Crippen LogP contribution in [0.15, 0.2) is 30.3 Å². The molecule has 0 unspecified atom stereocenters. The standard InChI is InChI=1S/C16H22N4O/c1-3-5-11-20(12-9-7-6-8-10-12)16(21)15-14(17)13(4-2)18-19-15/h6-10H,3-5,11,17H2,1-2H3,(H,18,19). The normalized spacial score (nSPS) is 10.6. The van der Waals surface area contributed by atoms with Gasteiger partial charge in [-0.2, -0.15) is 5.10 Å². The second-order valence-corrected chi connectivity index (χ2v) is 4.96. The number of unbranched alkanes of at least 4 members (excludes halogenated alkanes) is 1. The zero-order valence-electron chi connectivity index (χ0n) is 12.6. The Labute approximate surface area is 125 Å². The zero-order chi connectivity index (χ0) is 15.2. The summed E-state index contributed by atoms with van der Waals surface area (Å²) in [7, 11) is 0. The second kappa shape index (κ2) is 6.92. The van der Waals surface area contributed by atoms with Crippen molar-refractivity contribution in [2.45, 2.75) is 33.1 Å². The Morgan fingerprint density at radius 1 is 1.29 bits per heavy atom. The summed E-state index contributed by atoms with van der Waals surface area (Å²) in [6, 6.07) is 9.64. The molecule has 0 radical (unpaired) electrons. The summed E-state index contributed by atoms with van der Waals surface area (Å²) in [5.74, 6) is -0.150. The van der Waals surface area contributed by atoms with Gasteiger partial charge < -0.3 is 10.6 Å². The summed E-state index contributed by atoms with van der Waals surface area (Å²) in [5, 5.41) is 6.94. The van der Waals surface area contributed by atoms with Crippen LogP contribution in [0.1, 0.15) is 42.9 Å². The topological polar surface area (TPSA) is 75.0 Å². The highest BCUT2D eigenvalue weighted by Crippen LogP contribution is 2.21. The van der Waals surface area contributed by atoms with E-state index in [9.17, 15) is 4.79 Å². The number of rotatable bonds is 6. The third kappa shape index (κ3) is 3.24. The minimum atomic E-state index is -0.150. The molecule has 0 bridgehead atoms. The van der Waals surface area contributed by atoms with Gasteiger partial charge in [-0.25, -0.2) is 0 Å². The number of para-hydroxylation sites is 1. The van der Waals surface area contributed by atoms with Crippen molar-refractivity contribution >= 4 is 17.3 Å². The summed E-state index contributed by atoms with van der Waals surface area (Å²) in [5.41, 5.74) is 8.47. The molecule has 3 N–H and O–H groups in total. The van der Waals surface area contributed by atoms with Crippen LogP contribution in [0.5, 0.6) is 0 Å². The third-order valence-electron chi connectivity index (χ3n) is 3.49. The molecule has 0 aliphatic rings. The number of amides is 1. The minimum Gasteiger partial charge on any atom is -0.395 e. The van der Waals surface area contributed by atoms with Crippen molar-refractivity contribution in [3.05, 3.63) is 41.7 Å². The molecule has 0 spiro atoms. The van der Waals surface area contributed by atoms with Crippen LogP contribution < -0.4 is 10.6 Å². The van der Waals surface area contributed by atoms with Crippen LogP contribution >= 0.6 is 0 Å². The van der Waals surface area contributed by atoms with Crippen molar-refractivity contribution in [2.75, 3.05) is 17.2 Å². The molecule has 2 rings (SSSR count). The maximum atomic E-state index is 12.8. The molecule has 0 aliphatic carbocycles. The van der Waals surface area contributed by atoms with Gasteiger partial charge in [0.15, 0.2) is 5.69 Å². The van der Waals surface area contributed by atoms with Gasteiger partial charge in [0.05, 0.1) is 11.4 Å². The number of hydrogen-bond acceptors (Lipinski definition) is 3. The zero-order valence-corrected chi connectivity index (χ0v) is 12.6. The van der Waals surface area contributed by atoms with Crippen LogP contribution in [-0.2, 0) is 6.42 Å². The van der Waals surface area contributed by atoms with E-state index in [2.05, 4.69) is 17.1 Å². The lowest BCUT2D eigenvalue weighted by molar-refractivity contribution is 0.0982. The van der Waals surface area contributed by atoms with E-state index in [0.717, 1.165) is 30.6 Å². The number of benzene rings is 1. The predicted molar refractivity (Wildman–Crippen MR) is 85.4 cm³/mol. The van der Waals surface area contributed by atoms with Crippen molar-refractivity contribution in [1.29, 1.82) is 0 Å². The number of carbonyl (C=O) groups excluding carboxylic acids is 1. The largest absolute Gasteiger partial charge is 0.395 e. The number of hydrogen-bond donors (Lipinski definition) is 2. The summed E-state index contributed by atoms with van der Waals surface area (Å²) in [4.78, 5) is 14.5. The number of nitrogens with two attached hydrogens (primary N) is 1. The average molecular weight is 286 g/mol. The molecule has 0 atom stereocenters. The van der Waals surface area contributed by atoms with Crippen LogP contribution in [0.4, 0.5) is 11.4 Å². The Balaban J connectivity index is 2.31. The van der Waals surface area contributed by atoms with E-state index in [1.807, 2.05) is 37.3 Å². The fraction of sp³-hybridized carbons (Fsp3) is 0.375. The molecule has 1 amide bonds. The van der Waals surface area contributed by atoms with Gasteiger partial charge in [0.25, 0.3) is 5.91 Å². The van der Waals surface area contributed by atoms with Gasteiger partial charge in [0.1, 0.15) is 0 Å². The smallest absolute Gasteiger partial charge is 0.280 e. The summed E-state index contributed by atoms with van der Waals surface area (Å²) in [6.45, 7) is 4.74. The lowest BCUT2D eigenvalue weighted by Gasteiger charge is -2.22. The molecule has 1 aromatic heterocycles. The van der Waals surface area contributed by atoms with E-state index in [0.29, 0.717) is 17.9 Å². The molecule has 0 saturated heterocycles. The summed E-state index contributed by atoms with van der Waals surface area (Å²) in [6.07, 6.45) is 2.69. The maximum absolute atomic E-state index is 12.8. The maximum Gasteiger partial charge on any atom is 0.280 e. The number of carbonyl (C=O) groups is 1. The van der Waals surface area contributed by atoms with Gasteiger partial charge in [0, 0.05) is 12.2 Å². The fourth-order valence-electron chi connectivity index (χ4n) is 2.22. The summed E-state index contributed by atoms with van der Waals surface area (Å²) >= 11 is 0. The molecular weight excluding hydrogens is 264 g/mol. The van der Waals surface area contributed by atoms with Crippen LogP contribution in [0.3, 0.4) is 0 Å². The number of nitrogen functional groups attached to an aromatic ring is 1. The van der Waals surface area contributed by atoms with E-state index in [1.54, 1.807) is 4.90 Å². The Kier molecular flexibility index (Phi) is 4.98. The van der Waals surface area contributed by atoms with Gasteiger partial charge in [0.2, 0.25) is 0 Å². The molecule has 5 heteroatoms. The molecule has 112 valence electrons. The monoisotopic (exact) mass is 286 g/mol. The number of aryl methyl sites for hydroxylation is 1.